The van der Waals surface area contributed by atoms with Crippen molar-refractivity contribution in [1.82, 2.24) is 9.62 Å². The van der Waals surface area contributed by atoms with Gasteiger partial charge in [-0.15, -0.1) is 0 Å². The molecular formula is C21H24N2O4S. The van der Waals surface area contributed by atoms with Crippen molar-refractivity contribution >= 4 is 15.9 Å². The van der Waals surface area contributed by atoms with E-state index in [9.17, 15) is 13.2 Å². The van der Waals surface area contributed by atoms with E-state index in [-0.39, 0.29) is 11.9 Å². The first-order valence-electron chi connectivity index (χ1n) is 9.46. The van der Waals surface area contributed by atoms with E-state index in [1.165, 1.54) is 4.31 Å². The number of hydrogen-bond acceptors (Lipinski definition) is 4. The van der Waals surface area contributed by atoms with Crippen LogP contribution < -0.4 is 10.1 Å². The van der Waals surface area contributed by atoms with E-state index in [4.69, 9.17) is 4.74 Å². The van der Waals surface area contributed by atoms with Crippen LogP contribution in [0.1, 0.15) is 24.8 Å². The molecule has 1 aliphatic carbocycles. The van der Waals surface area contributed by atoms with E-state index >= 15 is 0 Å². The van der Waals surface area contributed by atoms with Gasteiger partial charge in [0.25, 0.3) is 0 Å². The van der Waals surface area contributed by atoms with E-state index in [1.54, 1.807) is 37.4 Å². The van der Waals surface area contributed by atoms with Crippen molar-refractivity contribution < 1.29 is 17.9 Å². The van der Waals surface area contributed by atoms with Gasteiger partial charge in [-0.1, -0.05) is 30.3 Å². The molecule has 6 nitrogen and oxygen atoms in total. The number of benzene rings is 2. The number of amides is 1. The Hall–Kier alpha value is -2.38. The standard InChI is InChI=1S/C21H24N2O4S/c1-27-18-9-7-16(8-10-18)21(12-13-21)20(24)22-17-11-14-23(15-17)28(25,26)19-5-3-2-4-6-19/h2-10,17H,11-15H2,1H3,(H,22,24). The van der Waals surface area contributed by atoms with E-state index in [2.05, 4.69) is 5.32 Å². The number of carbonyl (C=O) groups excluding carboxylic acids is 1. The summed E-state index contributed by atoms with van der Waals surface area (Å²) in [5, 5.41) is 3.09. The zero-order valence-corrected chi connectivity index (χ0v) is 16.6. The van der Waals surface area contributed by atoms with E-state index in [0.717, 1.165) is 24.2 Å². The normalized spacial score (nSPS) is 21.2. The summed E-state index contributed by atoms with van der Waals surface area (Å²) in [7, 11) is -1.90. The van der Waals surface area contributed by atoms with Crippen LogP contribution in [0.5, 0.6) is 5.75 Å². The predicted octanol–water partition coefficient (Wildman–Crippen LogP) is 2.31. The lowest BCUT2D eigenvalue weighted by atomic mass is 9.94. The van der Waals surface area contributed by atoms with E-state index in [1.807, 2.05) is 24.3 Å². The third-order valence-corrected chi connectivity index (χ3v) is 7.57. The zero-order valence-electron chi connectivity index (χ0n) is 15.8. The number of nitrogens with one attached hydrogen (secondary N) is 1. The highest BCUT2D eigenvalue weighted by atomic mass is 32.2. The molecule has 1 unspecified atom stereocenters. The molecule has 7 heteroatoms. The molecule has 1 N–H and O–H groups in total. The lowest BCUT2D eigenvalue weighted by molar-refractivity contribution is -0.124. The number of sulfonamides is 1. The van der Waals surface area contributed by atoms with E-state index in [0.29, 0.717) is 24.4 Å². The summed E-state index contributed by atoms with van der Waals surface area (Å²) in [5.74, 6) is 0.749. The quantitative estimate of drug-likeness (QED) is 0.807. The largest absolute Gasteiger partial charge is 0.497 e. The Bertz CT molecular complexity index is 954. The molecule has 2 aromatic carbocycles. The molecule has 0 aromatic heterocycles. The Labute approximate surface area is 165 Å². The Kier molecular flexibility index (Phi) is 4.89. The fraction of sp³-hybridized carbons (Fsp3) is 0.381. The minimum Gasteiger partial charge on any atom is -0.497 e. The molecule has 148 valence electrons. The van der Waals surface area contributed by atoms with Crippen LogP contribution in [0.3, 0.4) is 0 Å². The maximum absolute atomic E-state index is 13.0. The molecule has 1 heterocycles. The highest BCUT2D eigenvalue weighted by Gasteiger charge is 2.52. The van der Waals surface area contributed by atoms with Gasteiger partial charge in [0.1, 0.15) is 5.75 Å². The second-order valence-electron chi connectivity index (χ2n) is 7.45. The number of ether oxygens (including phenoxy) is 1. The SMILES string of the molecule is COc1ccc(C2(C(=O)NC3CCN(S(=O)(=O)c4ccccc4)C3)CC2)cc1. The molecule has 2 aliphatic rings. The van der Waals surface area contributed by atoms with Crippen LogP contribution in [0.2, 0.25) is 0 Å². The van der Waals surface area contributed by atoms with Crippen molar-refractivity contribution in [2.75, 3.05) is 20.2 Å². The molecule has 2 aromatic rings. The maximum Gasteiger partial charge on any atom is 0.243 e. The van der Waals surface area contributed by atoms with Crippen molar-refractivity contribution in [3.8, 4) is 5.75 Å². The summed E-state index contributed by atoms with van der Waals surface area (Å²) in [6, 6.07) is 15.9. The van der Waals surface area contributed by atoms with Crippen molar-refractivity contribution in [1.29, 1.82) is 0 Å². The third kappa shape index (κ3) is 3.40. The molecular weight excluding hydrogens is 376 g/mol. The van der Waals surface area contributed by atoms with Crippen molar-refractivity contribution in [3.05, 3.63) is 60.2 Å². The second kappa shape index (κ2) is 7.22. The van der Waals surface area contributed by atoms with Gasteiger partial charge in [-0.2, -0.15) is 4.31 Å². The van der Waals surface area contributed by atoms with Gasteiger partial charge in [0, 0.05) is 19.1 Å². The fourth-order valence-corrected chi connectivity index (χ4v) is 5.33. The monoisotopic (exact) mass is 400 g/mol. The first-order chi connectivity index (χ1) is 13.5. The number of methoxy groups -OCH3 is 1. The summed E-state index contributed by atoms with van der Waals surface area (Å²) < 4.78 is 32.2. The Balaban J connectivity index is 1.42. The Morgan fingerprint density at radius 1 is 1.11 bits per heavy atom. The van der Waals surface area contributed by atoms with Crippen LogP contribution in [-0.2, 0) is 20.2 Å². The highest BCUT2D eigenvalue weighted by Crippen LogP contribution is 2.48. The molecule has 28 heavy (non-hydrogen) atoms. The predicted molar refractivity (Wildman–Crippen MR) is 106 cm³/mol. The van der Waals surface area contributed by atoms with Crippen molar-refractivity contribution in [3.63, 3.8) is 0 Å². The molecule has 1 saturated carbocycles. The topological polar surface area (TPSA) is 75.7 Å². The smallest absolute Gasteiger partial charge is 0.243 e. The Morgan fingerprint density at radius 2 is 1.79 bits per heavy atom. The van der Waals surface area contributed by atoms with Crippen LogP contribution in [0.4, 0.5) is 0 Å². The zero-order chi connectivity index (χ0) is 19.8. The number of nitrogens with zero attached hydrogens (tertiary/aromatic N) is 1. The van der Waals surface area contributed by atoms with Gasteiger partial charge >= 0.3 is 0 Å². The average Bonchev–Trinajstić information content (AvgIpc) is 3.41. The molecule has 4 rings (SSSR count). The molecule has 1 amide bonds. The molecule has 0 bridgehead atoms. The van der Waals surface area contributed by atoms with Gasteiger partial charge in [-0.25, -0.2) is 8.42 Å². The first-order valence-corrected chi connectivity index (χ1v) is 10.9. The summed E-state index contributed by atoms with van der Waals surface area (Å²) in [4.78, 5) is 13.2. The van der Waals surface area contributed by atoms with Crippen LogP contribution in [-0.4, -0.2) is 44.9 Å². The van der Waals surface area contributed by atoms with Crippen molar-refractivity contribution in [2.45, 2.75) is 35.6 Å². The summed E-state index contributed by atoms with van der Waals surface area (Å²) in [6.45, 7) is 0.722. The maximum atomic E-state index is 13.0. The second-order valence-corrected chi connectivity index (χ2v) is 9.38. The third-order valence-electron chi connectivity index (χ3n) is 5.69. The molecule has 1 saturated heterocycles. The van der Waals surface area contributed by atoms with Crippen molar-refractivity contribution in [2.24, 2.45) is 0 Å². The fourth-order valence-electron chi connectivity index (χ4n) is 3.81. The lowest BCUT2D eigenvalue weighted by Gasteiger charge is -2.20. The lowest BCUT2D eigenvalue weighted by Crippen LogP contribution is -2.43. The first kappa shape index (κ1) is 19.0. The van der Waals surface area contributed by atoms with Gasteiger partial charge in [0.05, 0.1) is 17.4 Å². The number of carbonyl (C=O) groups is 1. The molecule has 0 radical (unpaired) electrons. The molecule has 0 spiro atoms. The Morgan fingerprint density at radius 3 is 2.39 bits per heavy atom. The minimum atomic E-state index is -3.52. The molecule has 2 fully saturated rings. The average molecular weight is 401 g/mol. The highest BCUT2D eigenvalue weighted by molar-refractivity contribution is 7.89. The summed E-state index contributed by atoms with van der Waals surface area (Å²) in [5.41, 5.74) is 0.496. The van der Waals surface area contributed by atoms with Gasteiger partial charge in [-0.05, 0) is 49.1 Å². The summed E-state index contributed by atoms with van der Waals surface area (Å²) >= 11 is 0. The van der Waals surface area contributed by atoms with Crippen LogP contribution in [0, 0.1) is 0 Å². The van der Waals surface area contributed by atoms with Crippen LogP contribution >= 0.6 is 0 Å². The van der Waals surface area contributed by atoms with Gasteiger partial charge in [0.2, 0.25) is 15.9 Å². The minimum absolute atomic E-state index is 0.0124. The molecule has 1 atom stereocenters. The molecule has 1 aliphatic heterocycles. The van der Waals surface area contributed by atoms with Gasteiger partial charge in [0.15, 0.2) is 0 Å². The van der Waals surface area contributed by atoms with Crippen LogP contribution in [0.15, 0.2) is 59.5 Å². The summed E-state index contributed by atoms with van der Waals surface area (Å²) in [6.07, 6.45) is 2.24. The number of hydrogen-bond donors (Lipinski definition) is 1. The van der Waals surface area contributed by atoms with Crippen LogP contribution in [0.25, 0.3) is 0 Å². The van der Waals surface area contributed by atoms with E-state index < -0.39 is 15.4 Å². The van der Waals surface area contributed by atoms with Gasteiger partial charge in [-0.3, -0.25) is 4.79 Å². The van der Waals surface area contributed by atoms with Gasteiger partial charge < -0.3 is 10.1 Å². The number of rotatable bonds is 6.